The molecule has 0 spiro atoms. The van der Waals surface area contributed by atoms with Crippen molar-refractivity contribution in [3.05, 3.63) is 0 Å². The lowest BCUT2D eigenvalue weighted by Gasteiger charge is -2.46. The Morgan fingerprint density at radius 2 is 1.74 bits per heavy atom. The third-order valence-electron chi connectivity index (χ3n) is 5.03. The number of nitrogens with zero attached hydrogens (tertiary/aromatic N) is 2. The predicted molar refractivity (Wildman–Crippen MR) is 80.4 cm³/mol. The Hall–Kier alpha value is -0.120. The molecule has 1 aliphatic carbocycles. The molecule has 3 nitrogen and oxygen atoms in total. The normalized spacial score (nSPS) is 28.7. The van der Waals surface area contributed by atoms with E-state index in [-0.39, 0.29) is 0 Å². The second-order valence-corrected chi connectivity index (χ2v) is 6.64. The summed E-state index contributed by atoms with van der Waals surface area (Å²) in [5, 5.41) is 9.31. The van der Waals surface area contributed by atoms with Gasteiger partial charge >= 0.3 is 0 Å². The lowest BCUT2D eigenvalue weighted by Crippen LogP contribution is -2.57. The van der Waals surface area contributed by atoms with Gasteiger partial charge in [-0.05, 0) is 33.1 Å². The smallest absolute Gasteiger partial charge is 0.0446 e. The largest absolute Gasteiger partial charge is 0.396 e. The maximum absolute atomic E-state index is 9.31. The minimum Gasteiger partial charge on any atom is -0.396 e. The Kier molecular flexibility index (Phi) is 6.11. The van der Waals surface area contributed by atoms with E-state index in [1.54, 1.807) is 0 Å². The molecule has 2 fully saturated rings. The SMILES string of the molecule is CC(C)N1CCN(C2CCCCCC2)CC1CCO. The number of hydrogen-bond acceptors (Lipinski definition) is 3. The molecule has 1 heterocycles. The standard InChI is InChI=1S/C16H32N2O/c1-14(2)18-11-10-17(13-16(18)9-12-19)15-7-5-3-4-6-8-15/h14-16,19H,3-13H2,1-2H3. The van der Waals surface area contributed by atoms with Crippen LogP contribution in [0.2, 0.25) is 0 Å². The summed E-state index contributed by atoms with van der Waals surface area (Å²) in [5.41, 5.74) is 0. The summed E-state index contributed by atoms with van der Waals surface area (Å²) in [4.78, 5) is 5.31. The molecule has 1 saturated heterocycles. The summed E-state index contributed by atoms with van der Waals surface area (Å²) in [6.07, 6.45) is 9.42. The molecule has 1 atom stereocenters. The van der Waals surface area contributed by atoms with Gasteiger partial charge in [-0.2, -0.15) is 0 Å². The number of piperazine rings is 1. The average molecular weight is 268 g/mol. The summed E-state index contributed by atoms with van der Waals surface area (Å²) in [6, 6.07) is 1.98. The lowest BCUT2D eigenvalue weighted by atomic mass is 10.0. The van der Waals surface area contributed by atoms with Crippen LogP contribution in [0, 0.1) is 0 Å². The highest BCUT2D eigenvalue weighted by Crippen LogP contribution is 2.25. The molecule has 2 aliphatic rings. The molecular weight excluding hydrogens is 236 g/mol. The highest BCUT2D eigenvalue weighted by Gasteiger charge is 2.31. The van der Waals surface area contributed by atoms with Gasteiger partial charge in [-0.15, -0.1) is 0 Å². The number of hydrogen-bond donors (Lipinski definition) is 1. The van der Waals surface area contributed by atoms with E-state index < -0.39 is 0 Å². The molecule has 0 amide bonds. The van der Waals surface area contributed by atoms with E-state index in [4.69, 9.17) is 0 Å². The topological polar surface area (TPSA) is 26.7 Å². The first kappa shape index (κ1) is 15.3. The van der Waals surface area contributed by atoms with Gasteiger partial charge in [0.1, 0.15) is 0 Å². The van der Waals surface area contributed by atoms with E-state index in [2.05, 4.69) is 23.6 Å². The first-order valence-corrected chi connectivity index (χ1v) is 8.33. The summed E-state index contributed by atoms with van der Waals surface area (Å²) in [7, 11) is 0. The molecule has 0 bridgehead atoms. The van der Waals surface area contributed by atoms with E-state index in [0.29, 0.717) is 18.7 Å². The molecular formula is C16H32N2O. The van der Waals surface area contributed by atoms with Crippen molar-refractivity contribution in [1.29, 1.82) is 0 Å². The van der Waals surface area contributed by atoms with Crippen LogP contribution < -0.4 is 0 Å². The van der Waals surface area contributed by atoms with Gasteiger partial charge < -0.3 is 5.11 Å². The maximum Gasteiger partial charge on any atom is 0.0446 e. The zero-order valence-corrected chi connectivity index (χ0v) is 12.9. The van der Waals surface area contributed by atoms with Crippen LogP contribution >= 0.6 is 0 Å². The van der Waals surface area contributed by atoms with Crippen molar-refractivity contribution >= 4 is 0 Å². The molecule has 0 aromatic carbocycles. The average Bonchev–Trinajstić information content (AvgIpc) is 2.67. The molecule has 0 radical (unpaired) electrons. The van der Waals surface area contributed by atoms with Crippen molar-refractivity contribution in [2.24, 2.45) is 0 Å². The van der Waals surface area contributed by atoms with E-state index in [1.807, 2.05) is 0 Å². The molecule has 1 N–H and O–H groups in total. The molecule has 1 unspecified atom stereocenters. The van der Waals surface area contributed by atoms with Gasteiger partial charge in [-0.3, -0.25) is 9.80 Å². The van der Waals surface area contributed by atoms with Crippen molar-refractivity contribution in [2.75, 3.05) is 26.2 Å². The van der Waals surface area contributed by atoms with E-state index in [9.17, 15) is 5.11 Å². The van der Waals surface area contributed by atoms with E-state index >= 15 is 0 Å². The number of aliphatic hydroxyl groups excluding tert-OH is 1. The fourth-order valence-electron chi connectivity index (χ4n) is 3.93. The van der Waals surface area contributed by atoms with Gasteiger partial charge in [0, 0.05) is 44.4 Å². The Morgan fingerprint density at radius 3 is 2.32 bits per heavy atom. The van der Waals surface area contributed by atoms with Crippen LogP contribution in [-0.2, 0) is 0 Å². The molecule has 1 saturated carbocycles. The van der Waals surface area contributed by atoms with Crippen molar-refractivity contribution in [3.8, 4) is 0 Å². The summed E-state index contributed by atoms with van der Waals surface area (Å²) >= 11 is 0. The van der Waals surface area contributed by atoms with Gasteiger partial charge in [0.25, 0.3) is 0 Å². The quantitative estimate of drug-likeness (QED) is 0.794. The minimum atomic E-state index is 0.326. The van der Waals surface area contributed by atoms with Gasteiger partial charge in [0.15, 0.2) is 0 Å². The Bertz CT molecular complexity index is 249. The highest BCUT2D eigenvalue weighted by molar-refractivity contribution is 4.87. The third-order valence-corrected chi connectivity index (χ3v) is 5.03. The Balaban J connectivity index is 1.93. The summed E-state index contributed by atoms with van der Waals surface area (Å²) < 4.78 is 0. The van der Waals surface area contributed by atoms with Gasteiger partial charge in [-0.1, -0.05) is 25.7 Å². The van der Waals surface area contributed by atoms with Crippen LogP contribution in [0.1, 0.15) is 58.8 Å². The fourth-order valence-corrected chi connectivity index (χ4v) is 3.93. The molecule has 0 aromatic rings. The third kappa shape index (κ3) is 4.17. The highest BCUT2D eigenvalue weighted by atomic mass is 16.3. The van der Waals surface area contributed by atoms with Crippen LogP contribution in [-0.4, -0.2) is 59.3 Å². The van der Waals surface area contributed by atoms with Gasteiger partial charge in [-0.25, -0.2) is 0 Å². The van der Waals surface area contributed by atoms with Gasteiger partial charge in [0.05, 0.1) is 0 Å². The number of aliphatic hydroxyl groups is 1. The monoisotopic (exact) mass is 268 g/mol. The molecule has 1 aliphatic heterocycles. The lowest BCUT2D eigenvalue weighted by molar-refractivity contribution is 0.0153. The Labute approximate surface area is 119 Å². The zero-order chi connectivity index (χ0) is 13.7. The summed E-state index contributed by atoms with van der Waals surface area (Å²) in [6.45, 7) is 8.47. The van der Waals surface area contributed by atoms with Crippen LogP contribution in [0.5, 0.6) is 0 Å². The van der Waals surface area contributed by atoms with Crippen LogP contribution in [0.4, 0.5) is 0 Å². The predicted octanol–water partition coefficient (Wildman–Crippen LogP) is 2.49. The molecule has 112 valence electrons. The summed E-state index contributed by atoms with van der Waals surface area (Å²) in [5.74, 6) is 0. The second kappa shape index (κ2) is 7.61. The van der Waals surface area contributed by atoms with E-state index in [1.165, 1.54) is 58.2 Å². The molecule has 0 aromatic heterocycles. The molecule has 3 heteroatoms. The van der Waals surface area contributed by atoms with Crippen molar-refractivity contribution in [1.82, 2.24) is 9.80 Å². The van der Waals surface area contributed by atoms with E-state index in [0.717, 1.165) is 12.5 Å². The van der Waals surface area contributed by atoms with Gasteiger partial charge in [0.2, 0.25) is 0 Å². The van der Waals surface area contributed by atoms with Crippen molar-refractivity contribution in [3.63, 3.8) is 0 Å². The minimum absolute atomic E-state index is 0.326. The second-order valence-electron chi connectivity index (χ2n) is 6.64. The maximum atomic E-state index is 9.31. The van der Waals surface area contributed by atoms with Crippen LogP contribution in [0.3, 0.4) is 0 Å². The molecule has 19 heavy (non-hydrogen) atoms. The number of rotatable bonds is 4. The van der Waals surface area contributed by atoms with Crippen molar-refractivity contribution < 1.29 is 5.11 Å². The van der Waals surface area contributed by atoms with Crippen LogP contribution in [0.25, 0.3) is 0 Å². The fraction of sp³-hybridized carbons (Fsp3) is 1.00. The van der Waals surface area contributed by atoms with Crippen LogP contribution in [0.15, 0.2) is 0 Å². The first-order chi connectivity index (χ1) is 9.22. The Morgan fingerprint density at radius 1 is 1.05 bits per heavy atom. The molecule has 2 rings (SSSR count). The van der Waals surface area contributed by atoms with Crippen molar-refractivity contribution in [2.45, 2.75) is 76.9 Å². The first-order valence-electron chi connectivity index (χ1n) is 8.33. The zero-order valence-electron chi connectivity index (χ0n) is 12.9.